The molecule has 0 heterocycles. The Kier molecular flexibility index (Phi) is 5.98. The zero-order valence-electron chi connectivity index (χ0n) is 11.6. The molecule has 8 heteroatoms. The number of carbonyl (C=O) groups is 3. The Morgan fingerprint density at radius 3 is 2.52 bits per heavy atom. The Hall–Kier alpha value is -2.28. The van der Waals surface area contributed by atoms with Gasteiger partial charge in [0.25, 0.3) is 0 Å². The molecule has 1 aromatic carbocycles. The van der Waals surface area contributed by atoms with Crippen molar-refractivity contribution >= 4 is 35.3 Å². The Bertz CT molecular complexity index is 561. The van der Waals surface area contributed by atoms with Gasteiger partial charge < -0.3 is 20.1 Å². The smallest absolute Gasteiger partial charge is 0.335 e. The van der Waals surface area contributed by atoms with Gasteiger partial charge in [0, 0.05) is 6.54 Å². The number of halogens is 1. The summed E-state index contributed by atoms with van der Waals surface area (Å²) in [5.41, 5.74) is 0.273. The number of urea groups is 1. The summed E-state index contributed by atoms with van der Waals surface area (Å²) in [5.74, 6) is -1.66. The zero-order valence-corrected chi connectivity index (χ0v) is 12.3. The van der Waals surface area contributed by atoms with Crippen molar-refractivity contribution in [3.63, 3.8) is 0 Å². The fourth-order valence-corrected chi connectivity index (χ4v) is 1.72. The number of carbonyl (C=O) groups excluding carboxylic acids is 2. The molecule has 0 aliphatic carbocycles. The summed E-state index contributed by atoms with van der Waals surface area (Å²) < 4.78 is 4.50. The number of ether oxygens (including phenoxy) is 1. The fourth-order valence-electron chi connectivity index (χ4n) is 1.49. The third-order valence-electron chi connectivity index (χ3n) is 2.67. The number of aromatic carboxylic acids is 1. The predicted molar refractivity (Wildman–Crippen MR) is 76.7 cm³/mol. The highest BCUT2D eigenvalue weighted by Gasteiger charge is 2.17. The maximum atomic E-state index is 12.0. The molecule has 0 spiro atoms. The van der Waals surface area contributed by atoms with Crippen LogP contribution in [0.5, 0.6) is 0 Å². The second kappa shape index (κ2) is 7.49. The fraction of sp³-hybridized carbons (Fsp3) is 0.308. The van der Waals surface area contributed by atoms with E-state index in [9.17, 15) is 14.4 Å². The van der Waals surface area contributed by atoms with Gasteiger partial charge in [0.05, 0.1) is 23.4 Å². The van der Waals surface area contributed by atoms with Gasteiger partial charge in [0.1, 0.15) is 6.54 Å². The molecule has 1 aromatic rings. The van der Waals surface area contributed by atoms with E-state index in [1.54, 1.807) is 6.92 Å². The highest BCUT2D eigenvalue weighted by atomic mass is 35.5. The van der Waals surface area contributed by atoms with Gasteiger partial charge in [-0.15, -0.1) is 0 Å². The van der Waals surface area contributed by atoms with Gasteiger partial charge in [-0.05, 0) is 25.1 Å². The summed E-state index contributed by atoms with van der Waals surface area (Å²) in [6, 6.07) is 3.40. The number of carboxylic acid groups (broad SMARTS) is 1. The number of hydrogen-bond acceptors (Lipinski definition) is 4. The normalized spacial score (nSPS) is 9.86. The molecule has 114 valence electrons. The van der Waals surface area contributed by atoms with Crippen LogP contribution in [-0.2, 0) is 9.53 Å². The number of likely N-dealkylation sites (N-methyl/N-ethyl adjacent to an activating group) is 1. The molecule has 0 bridgehead atoms. The largest absolute Gasteiger partial charge is 0.478 e. The molecule has 0 atom stereocenters. The number of nitrogens with one attached hydrogen (secondary N) is 1. The summed E-state index contributed by atoms with van der Waals surface area (Å²) in [6.07, 6.45) is 0. The Morgan fingerprint density at radius 2 is 2.05 bits per heavy atom. The molecule has 0 fully saturated rings. The molecule has 2 N–H and O–H groups in total. The minimum absolute atomic E-state index is 0.0138. The van der Waals surface area contributed by atoms with E-state index in [1.165, 1.54) is 30.2 Å². The Morgan fingerprint density at radius 1 is 1.38 bits per heavy atom. The number of rotatable bonds is 5. The van der Waals surface area contributed by atoms with Crippen LogP contribution >= 0.6 is 11.6 Å². The van der Waals surface area contributed by atoms with E-state index in [4.69, 9.17) is 16.7 Å². The summed E-state index contributed by atoms with van der Waals surface area (Å²) in [6.45, 7) is 1.81. The van der Waals surface area contributed by atoms with Crippen molar-refractivity contribution in [2.24, 2.45) is 0 Å². The molecule has 0 radical (unpaired) electrons. The van der Waals surface area contributed by atoms with E-state index in [1.807, 2.05) is 0 Å². The second-order valence-corrected chi connectivity index (χ2v) is 4.43. The lowest BCUT2D eigenvalue weighted by Crippen LogP contribution is -2.39. The number of carboxylic acids is 1. The van der Waals surface area contributed by atoms with Gasteiger partial charge in [-0.2, -0.15) is 0 Å². The van der Waals surface area contributed by atoms with Crippen LogP contribution in [0.25, 0.3) is 0 Å². The maximum absolute atomic E-state index is 12.0. The van der Waals surface area contributed by atoms with Crippen molar-refractivity contribution in [3.8, 4) is 0 Å². The molecule has 21 heavy (non-hydrogen) atoms. The lowest BCUT2D eigenvalue weighted by molar-refractivity contribution is -0.141. The molecule has 1 rings (SSSR count). The molecule has 7 nitrogen and oxygen atoms in total. The second-order valence-electron chi connectivity index (χ2n) is 4.02. The van der Waals surface area contributed by atoms with Crippen LogP contribution in [0, 0.1) is 0 Å². The zero-order chi connectivity index (χ0) is 16.0. The van der Waals surface area contributed by atoms with E-state index in [0.717, 1.165) is 0 Å². The molecule has 2 amide bonds. The number of benzene rings is 1. The molecule has 0 unspecified atom stereocenters. The van der Waals surface area contributed by atoms with Crippen molar-refractivity contribution in [2.75, 3.05) is 25.5 Å². The van der Waals surface area contributed by atoms with Crippen molar-refractivity contribution in [2.45, 2.75) is 6.92 Å². The number of anilines is 1. The summed E-state index contributed by atoms with van der Waals surface area (Å²) in [7, 11) is 1.23. The molecule has 0 aromatic heterocycles. The summed E-state index contributed by atoms with van der Waals surface area (Å²) >= 11 is 5.91. The third kappa shape index (κ3) is 4.64. The first kappa shape index (κ1) is 16.8. The van der Waals surface area contributed by atoms with Gasteiger partial charge in [-0.1, -0.05) is 11.6 Å². The van der Waals surface area contributed by atoms with Crippen molar-refractivity contribution < 1.29 is 24.2 Å². The van der Waals surface area contributed by atoms with Gasteiger partial charge in [-0.3, -0.25) is 4.79 Å². The van der Waals surface area contributed by atoms with E-state index >= 15 is 0 Å². The molecule has 0 aliphatic rings. The van der Waals surface area contributed by atoms with Gasteiger partial charge >= 0.3 is 18.0 Å². The quantitative estimate of drug-likeness (QED) is 0.811. The van der Waals surface area contributed by atoms with Crippen LogP contribution in [0.1, 0.15) is 17.3 Å². The van der Waals surface area contributed by atoms with E-state index in [-0.39, 0.29) is 22.8 Å². The minimum Gasteiger partial charge on any atom is -0.478 e. The topological polar surface area (TPSA) is 95.9 Å². The summed E-state index contributed by atoms with van der Waals surface area (Å²) in [4.78, 5) is 35.2. The molecule has 0 saturated heterocycles. The standard InChI is InChI=1S/C13H15ClN2O5/c1-3-16(7-11(17)21-2)13(20)15-10-5-4-8(12(18)19)6-9(10)14/h4-6H,3,7H2,1-2H3,(H,15,20)(H,18,19). The van der Waals surface area contributed by atoms with Crippen LogP contribution in [0.2, 0.25) is 5.02 Å². The van der Waals surface area contributed by atoms with Crippen LogP contribution in [0.15, 0.2) is 18.2 Å². The average molecular weight is 315 g/mol. The first-order valence-electron chi connectivity index (χ1n) is 6.04. The van der Waals surface area contributed by atoms with Crippen molar-refractivity contribution in [1.82, 2.24) is 4.90 Å². The Labute approximate surface area is 126 Å². The monoisotopic (exact) mass is 314 g/mol. The lowest BCUT2D eigenvalue weighted by atomic mass is 10.2. The lowest BCUT2D eigenvalue weighted by Gasteiger charge is -2.20. The van der Waals surface area contributed by atoms with Crippen LogP contribution < -0.4 is 5.32 Å². The van der Waals surface area contributed by atoms with Crippen LogP contribution in [0.4, 0.5) is 10.5 Å². The van der Waals surface area contributed by atoms with Crippen molar-refractivity contribution in [3.05, 3.63) is 28.8 Å². The number of nitrogens with zero attached hydrogens (tertiary/aromatic N) is 1. The highest BCUT2D eigenvalue weighted by Crippen LogP contribution is 2.23. The van der Waals surface area contributed by atoms with Crippen LogP contribution in [0.3, 0.4) is 0 Å². The molecule has 0 aliphatic heterocycles. The van der Waals surface area contributed by atoms with E-state index in [0.29, 0.717) is 6.54 Å². The van der Waals surface area contributed by atoms with Gasteiger partial charge in [0.15, 0.2) is 0 Å². The molecular formula is C13H15ClN2O5. The predicted octanol–water partition coefficient (Wildman–Crippen LogP) is 2.07. The molecular weight excluding hydrogens is 300 g/mol. The Balaban J connectivity index is 2.82. The van der Waals surface area contributed by atoms with Gasteiger partial charge in [0.2, 0.25) is 0 Å². The van der Waals surface area contributed by atoms with Crippen LogP contribution in [-0.4, -0.2) is 48.2 Å². The summed E-state index contributed by atoms with van der Waals surface area (Å²) in [5, 5.41) is 11.4. The number of esters is 1. The van der Waals surface area contributed by atoms with Gasteiger partial charge in [-0.25, -0.2) is 9.59 Å². The minimum atomic E-state index is -1.12. The van der Waals surface area contributed by atoms with E-state index in [2.05, 4.69) is 10.1 Å². The number of methoxy groups -OCH3 is 1. The SMILES string of the molecule is CCN(CC(=O)OC)C(=O)Nc1ccc(C(=O)O)cc1Cl. The first-order valence-corrected chi connectivity index (χ1v) is 6.42. The highest BCUT2D eigenvalue weighted by molar-refractivity contribution is 6.34. The number of hydrogen-bond donors (Lipinski definition) is 2. The van der Waals surface area contributed by atoms with Crippen molar-refractivity contribution in [1.29, 1.82) is 0 Å². The van der Waals surface area contributed by atoms with E-state index < -0.39 is 18.0 Å². The third-order valence-corrected chi connectivity index (χ3v) is 2.99. The average Bonchev–Trinajstić information content (AvgIpc) is 2.46. The molecule has 0 saturated carbocycles. The maximum Gasteiger partial charge on any atom is 0.335 e. The number of amides is 2. The first-order chi connectivity index (χ1) is 9.88.